The van der Waals surface area contributed by atoms with Gasteiger partial charge in [-0.05, 0) is 19.1 Å². The molecule has 1 saturated heterocycles. The van der Waals surface area contributed by atoms with Gasteiger partial charge in [-0.1, -0.05) is 17.7 Å². The molecule has 0 bridgehead atoms. The van der Waals surface area contributed by atoms with Gasteiger partial charge in [-0.25, -0.2) is 5.01 Å². The fourth-order valence-corrected chi connectivity index (χ4v) is 1.91. The molecule has 0 spiro atoms. The highest BCUT2D eigenvalue weighted by molar-refractivity contribution is 5.93. The van der Waals surface area contributed by atoms with E-state index < -0.39 is 0 Å². The van der Waals surface area contributed by atoms with Crippen molar-refractivity contribution in [3.8, 4) is 0 Å². The summed E-state index contributed by atoms with van der Waals surface area (Å²) in [5.41, 5.74) is 4.85. The average Bonchev–Trinajstić information content (AvgIpc) is 2.33. The van der Waals surface area contributed by atoms with Crippen LogP contribution in [0.15, 0.2) is 24.3 Å². The third kappa shape index (κ3) is 3.28. The van der Waals surface area contributed by atoms with Crippen LogP contribution in [0.5, 0.6) is 0 Å². The molecule has 2 rings (SSSR count). The molecule has 0 radical (unpaired) electrons. The number of carbonyl (C=O) groups excluding carboxylic acids is 1. The number of carbonyl (C=O) groups is 1. The molecule has 0 atom stereocenters. The Morgan fingerprint density at radius 3 is 2.41 bits per heavy atom. The largest absolute Gasteiger partial charge is 0.335 e. The van der Waals surface area contributed by atoms with E-state index in [1.807, 2.05) is 36.2 Å². The van der Waals surface area contributed by atoms with Gasteiger partial charge < -0.3 is 4.90 Å². The highest BCUT2D eigenvalue weighted by Gasteiger charge is 2.18. The maximum absolute atomic E-state index is 11.9. The van der Waals surface area contributed by atoms with Crippen molar-refractivity contribution in [2.75, 3.05) is 33.2 Å². The average molecular weight is 234 g/mol. The van der Waals surface area contributed by atoms with Crippen molar-refractivity contribution in [2.45, 2.75) is 6.92 Å². The molecule has 4 heteroatoms. The number of nitrogens with zero attached hydrogens (tertiary/aromatic N) is 1. The number of hydrogen-bond donors (Lipinski definition) is 2. The lowest BCUT2D eigenvalue weighted by Crippen LogP contribution is -3.12. The number of aryl methyl sites for hydroxylation is 1. The van der Waals surface area contributed by atoms with Crippen molar-refractivity contribution < 1.29 is 9.69 Å². The first-order chi connectivity index (χ1) is 8.15. The van der Waals surface area contributed by atoms with Crippen molar-refractivity contribution >= 4 is 5.91 Å². The van der Waals surface area contributed by atoms with E-state index in [2.05, 4.69) is 12.5 Å². The van der Waals surface area contributed by atoms with Gasteiger partial charge in [-0.2, -0.15) is 0 Å². The van der Waals surface area contributed by atoms with Crippen LogP contribution in [0.25, 0.3) is 0 Å². The van der Waals surface area contributed by atoms with Gasteiger partial charge in [0.05, 0.1) is 33.2 Å². The molecule has 1 heterocycles. The van der Waals surface area contributed by atoms with E-state index in [-0.39, 0.29) is 5.91 Å². The summed E-state index contributed by atoms with van der Waals surface area (Å²) in [5, 5.41) is 2.01. The van der Waals surface area contributed by atoms with Crippen LogP contribution in [0, 0.1) is 6.92 Å². The Morgan fingerprint density at radius 1 is 1.24 bits per heavy atom. The lowest BCUT2D eigenvalue weighted by molar-refractivity contribution is -0.884. The van der Waals surface area contributed by atoms with E-state index in [0.717, 1.165) is 31.7 Å². The van der Waals surface area contributed by atoms with Crippen LogP contribution < -0.4 is 10.3 Å². The highest BCUT2D eigenvalue weighted by atomic mass is 16.2. The standard InChI is InChI=1S/C13H19N3O/c1-11-3-5-12(6-4-11)13(17)14-16-9-7-15(2)8-10-16/h3-6H,7-10H2,1-2H3,(H,14,17)/p+1. The molecular formula is C13H20N3O+. The van der Waals surface area contributed by atoms with Crippen LogP contribution in [-0.4, -0.2) is 44.1 Å². The second-order valence-electron chi connectivity index (χ2n) is 4.75. The molecule has 0 saturated carbocycles. The molecule has 1 amide bonds. The van der Waals surface area contributed by atoms with E-state index in [4.69, 9.17) is 0 Å². The Labute approximate surface area is 102 Å². The lowest BCUT2D eigenvalue weighted by Gasteiger charge is -2.30. The SMILES string of the molecule is Cc1ccc(C(=O)NN2CC[NH+](C)CC2)cc1. The smallest absolute Gasteiger partial charge is 0.265 e. The number of hydrazine groups is 1. The molecule has 1 aromatic rings. The Balaban J connectivity index is 1.91. The lowest BCUT2D eigenvalue weighted by atomic mass is 10.1. The second kappa shape index (κ2) is 5.29. The molecule has 1 aromatic carbocycles. The van der Waals surface area contributed by atoms with Gasteiger partial charge in [0, 0.05) is 5.56 Å². The van der Waals surface area contributed by atoms with Gasteiger partial charge in [-0.15, -0.1) is 0 Å². The summed E-state index contributed by atoms with van der Waals surface area (Å²) in [6.45, 7) is 6.01. The number of rotatable bonds is 2. The summed E-state index contributed by atoms with van der Waals surface area (Å²) in [4.78, 5) is 13.5. The zero-order valence-corrected chi connectivity index (χ0v) is 10.5. The van der Waals surface area contributed by atoms with Gasteiger partial charge in [0.1, 0.15) is 0 Å². The summed E-state index contributed by atoms with van der Waals surface area (Å²) in [6.07, 6.45) is 0. The molecule has 1 aliphatic heterocycles. The Hall–Kier alpha value is -1.39. The first kappa shape index (κ1) is 12.1. The van der Waals surface area contributed by atoms with Crippen LogP contribution in [-0.2, 0) is 0 Å². The Morgan fingerprint density at radius 2 is 1.82 bits per heavy atom. The summed E-state index contributed by atoms with van der Waals surface area (Å²) in [5.74, 6) is -0.00967. The van der Waals surface area contributed by atoms with E-state index in [1.165, 1.54) is 10.5 Å². The zero-order valence-electron chi connectivity index (χ0n) is 10.5. The third-order valence-electron chi connectivity index (χ3n) is 3.19. The van der Waals surface area contributed by atoms with Crippen LogP contribution in [0.2, 0.25) is 0 Å². The molecule has 0 aliphatic carbocycles. The summed E-state index contributed by atoms with van der Waals surface area (Å²) in [7, 11) is 2.18. The predicted octanol–water partition coefficient (Wildman–Crippen LogP) is -0.530. The highest BCUT2D eigenvalue weighted by Crippen LogP contribution is 2.03. The van der Waals surface area contributed by atoms with Gasteiger partial charge in [0.25, 0.3) is 5.91 Å². The van der Waals surface area contributed by atoms with Crippen molar-refractivity contribution in [3.63, 3.8) is 0 Å². The van der Waals surface area contributed by atoms with Gasteiger partial charge in [0.15, 0.2) is 0 Å². The first-order valence-corrected chi connectivity index (χ1v) is 6.09. The summed E-state index contributed by atoms with van der Waals surface area (Å²) < 4.78 is 0. The summed E-state index contributed by atoms with van der Waals surface area (Å²) in [6, 6.07) is 7.66. The van der Waals surface area contributed by atoms with Gasteiger partial charge in [0.2, 0.25) is 0 Å². The van der Waals surface area contributed by atoms with Crippen molar-refractivity contribution in [3.05, 3.63) is 35.4 Å². The monoisotopic (exact) mass is 234 g/mol. The van der Waals surface area contributed by atoms with E-state index >= 15 is 0 Å². The number of nitrogens with one attached hydrogen (secondary N) is 2. The van der Waals surface area contributed by atoms with Crippen LogP contribution in [0.1, 0.15) is 15.9 Å². The molecule has 1 fully saturated rings. The van der Waals surface area contributed by atoms with E-state index in [9.17, 15) is 4.79 Å². The van der Waals surface area contributed by atoms with Crippen molar-refractivity contribution in [1.29, 1.82) is 0 Å². The molecular weight excluding hydrogens is 214 g/mol. The Bertz CT molecular complexity index is 380. The molecule has 4 nitrogen and oxygen atoms in total. The van der Waals surface area contributed by atoms with Gasteiger partial charge in [-0.3, -0.25) is 10.2 Å². The maximum Gasteiger partial charge on any atom is 0.265 e. The molecule has 0 unspecified atom stereocenters. The predicted molar refractivity (Wildman–Crippen MR) is 66.8 cm³/mol. The minimum Gasteiger partial charge on any atom is -0.335 e. The topological polar surface area (TPSA) is 36.8 Å². The fourth-order valence-electron chi connectivity index (χ4n) is 1.91. The quantitative estimate of drug-likeness (QED) is 0.722. The van der Waals surface area contributed by atoms with Crippen molar-refractivity contribution in [1.82, 2.24) is 10.4 Å². The van der Waals surface area contributed by atoms with Crippen LogP contribution >= 0.6 is 0 Å². The Kier molecular flexibility index (Phi) is 3.76. The normalized spacial score (nSPS) is 18.0. The summed E-state index contributed by atoms with van der Waals surface area (Å²) >= 11 is 0. The van der Waals surface area contributed by atoms with Crippen LogP contribution in [0.3, 0.4) is 0 Å². The molecule has 0 aromatic heterocycles. The molecule has 2 N–H and O–H groups in total. The number of likely N-dealkylation sites (N-methyl/N-ethyl adjacent to an activating group) is 1. The first-order valence-electron chi connectivity index (χ1n) is 6.09. The molecule has 17 heavy (non-hydrogen) atoms. The number of amides is 1. The maximum atomic E-state index is 11.9. The van der Waals surface area contributed by atoms with Crippen LogP contribution in [0.4, 0.5) is 0 Å². The molecule has 92 valence electrons. The third-order valence-corrected chi connectivity index (χ3v) is 3.19. The minimum absolute atomic E-state index is 0.00967. The van der Waals surface area contributed by atoms with E-state index in [1.54, 1.807) is 0 Å². The minimum atomic E-state index is -0.00967. The fraction of sp³-hybridized carbons (Fsp3) is 0.462. The number of piperazine rings is 1. The zero-order chi connectivity index (χ0) is 12.3. The number of quaternary nitrogens is 1. The number of benzene rings is 1. The van der Waals surface area contributed by atoms with Gasteiger partial charge >= 0.3 is 0 Å². The molecule has 1 aliphatic rings. The van der Waals surface area contributed by atoms with E-state index in [0.29, 0.717) is 0 Å². The number of hydrogen-bond acceptors (Lipinski definition) is 2. The van der Waals surface area contributed by atoms with Crippen molar-refractivity contribution in [2.24, 2.45) is 0 Å². The second-order valence-corrected chi connectivity index (χ2v) is 4.75.